The van der Waals surface area contributed by atoms with Crippen molar-refractivity contribution in [1.82, 2.24) is 4.98 Å². The third kappa shape index (κ3) is 10.8. The Morgan fingerprint density at radius 2 is 1.02 bits per heavy atom. The second-order valence-electron chi connectivity index (χ2n) is 13.9. The van der Waals surface area contributed by atoms with Crippen molar-refractivity contribution in [3.63, 3.8) is 0 Å². The summed E-state index contributed by atoms with van der Waals surface area (Å²) in [5, 5.41) is 6.78. The number of rotatable bonds is 15. The average molecular weight is 832 g/mol. The van der Waals surface area contributed by atoms with Crippen LogP contribution in [0, 0.1) is 0 Å². The van der Waals surface area contributed by atoms with Crippen molar-refractivity contribution in [3.05, 3.63) is 178 Å². The topological polar surface area (TPSA) is 134 Å². The molecule has 11 nitrogen and oxygen atoms in total. The van der Waals surface area contributed by atoms with Crippen LogP contribution in [-0.2, 0) is 12.8 Å². The van der Waals surface area contributed by atoms with E-state index in [4.69, 9.17) is 18.9 Å². The monoisotopic (exact) mass is 831 g/mol. The number of hydrogen-bond acceptors (Lipinski definition) is 12. The van der Waals surface area contributed by atoms with Crippen LogP contribution in [0.5, 0.6) is 23.0 Å². The van der Waals surface area contributed by atoms with Crippen LogP contribution in [0.3, 0.4) is 0 Å². The predicted octanol–water partition coefficient (Wildman–Crippen LogP) is 10.5. The van der Waals surface area contributed by atoms with Gasteiger partial charge < -0.3 is 18.9 Å². The Kier molecular flexibility index (Phi) is 13.4. The number of aromatic nitrogens is 1. The lowest BCUT2D eigenvalue weighted by Gasteiger charge is -2.12. The summed E-state index contributed by atoms with van der Waals surface area (Å²) in [7, 11) is 1.74. The fourth-order valence-electron chi connectivity index (χ4n) is 6.15. The maximum Gasteiger partial charge on any atom is 0.343 e. The molecular weight excluding hydrogens is 791 g/mol. The molecule has 61 heavy (non-hydrogen) atoms. The molecule has 0 saturated carbocycles. The number of fused-ring (bicyclic) bond motifs is 1. The van der Waals surface area contributed by atoms with Gasteiger partial charge in [0.1, 0.15) is 23.0 Å². The molecule has 7 rings (SSSR count). The molecule has 0 atom stereocenters. The van der Waals surface area contributed by atoms with E-state index in [0.29, 0.717) is 21.8 Å². The quantitative estimate of drug-likeness (QED) is 0.0425. The Morgan fingerprint density at radius 3 is 1.51 bits per heavy atom. The molecule has 0 aliphatic heterocycles. The van der Waals surface area contributed by atoms with Crippen molar-refractivity contribution in [2.24, 2.45) is 5.10 Å². The van der Waals surface area contributed by atoms with E-state index in [1.807, 2.05) is 48.5 Å². The fraction of sp³-hybridized carbons (Fsp3) is 0.143. The Hall–Kier alpha value is -7.44. The summed E-state index contributed by atoms with van der Waals surface area (Å²) in [6, 6.07) is 38.8. The van der Waals surface area contributed by atoms with E-state index in [2.05, 4.69) is 23.9 Å². The summed E-state index contributed by atoms with van der Waals surface area (Å²) in [6.07, 6.45) is 5.34. The average Bonchev–Trinajstić information content (AvgIpc) is 3.72. The van der Waals surface area contributed by atoms with Gasteiger partial charge in [0.05, 0.1) is 38.7 Å². The van der Waals surface area contributed by atoms with Crippen LogP contribution in [-0.4, -0.2) is 42.1 Å². The van der Waals surface area contributed by atoms with Crippen LogP contribution in [0.4, 0.5) is 5.13 Å². The molecule has 0 amide bonds. The van der Waals surface area contributed by atoms with Gasteiger partial charge in [0.25, 0.3) is 0 Å². The van der Waals surface area contributed by atoms with Crippen molar-refractivity contribution in [2.75, 3.05) is 12.1 Å². The maximum atomic E-state index is 13.4. The van der Waals surface area contributed by atoms with Crippen LogP contribution >= 0.6 is 11.3 Å². The van der Waals surface area contributed by atoms with Gasteiger partial charge in [-0.1, -0.05) is 74.4 Å². The Bertz CT molecular complexity index is 2660. The summed E-state index contributed by atoms with van der Waals surface area (Å²) in [5.41, 5.74) is 4.69. The number of para-hydroxylation sites is 1. The van der Waals surface area contributed by atoms with Gasteiger partial charge in [-0.15, -0.1) is 0 Å². The zero-order valence-corrected chi connectivity index (χ0v) is 34.5. The molecule has 7 aromatic rings. The molecule has 306 valence electrons. The number of carbonyl (C=O) groups is 4. The first kappa shape index (κ1) is 41.7. The molecule has 0 unspecified atom stereocenters. The number of anilines is 1. The Balaban J connectivity index is 1.05. The molecular formula is C49H41N3O8S. The van der Waals surface area contributed by atoms with Crippen molar-refractivity contribution in [1.29, 1.82) is 0 Å². The van der Waals surface area contributed by atoms with E-state index in [-0.39, 0.29) is 34.1 Å². The summed E-state index contributed by atoms with van der Waals surface area (Å²) < 4.78 is 23.6. The van der Waals surface area contributed by atoms with Gasteiger partial charge in [-0.25, -0.2) is 29.2 Å². The molecule has 6 aromatic carbocycles. The fourth-order valence-corrected chi connectivity index (χ4v) is 7.03. The first-order valence-electron chi connectivity index (χ1n) is 19.7. The van der Waals surface area contributed by atoms with Crippen molar-refractivity contribution in [2.45, 2.75) is 39.5 Å². The summed E-state index contributed by atoms with van der Waals surface area (Å²) in [5.74, 6) is -1.55. The van der Waals surface area contributed by atoms with Gasteiger partial charge in [0, 0.05) is 12.6 Å². The normalized spacial score (nSPS) is 11.0. The van der Waals surface area contributed by atoms with E-state index >= 15 is 0 Å². The van der Waals surface area contributed by atoms with E-state index in [0.717, 1.165) is 47.0 Å². The summed E-state index contributed by atoms with van der Waals surface area (Å²) in [4.78, 5) is 56.8. The third-order valence-corrected chi connectivity index (χ3v) is 10.5. The Labute approximate surface area is 356 Å². The molecule has 12 heteroatoms. The molecule has 0 aliphatic carbocycles. The second-order valence-corrected chi connectivity index (χ2v) is 14.9. The number of thiazole rings is 1. The van der Waals surface area contributed by atoms with Gasteiger partial charge in [0.2, 0.25) is 5.13 Å². The highest BCUT2D eigenvalue weighted by Crippen LogP contribution is 2.29. The largest absolute Gasteiger partial charge is 0.423 e. The second kappa shape index (κ2) is 19.5. The first-order valence-corrected chi connectivity index (χ1v) is 20.5. The zero-order chi connectivity index (χ0) is 42.7. The predicted molar refractivity (Wildman–Crippen MR) is 236 cm³/mol. The van der Waals surface area contributed by atoms with E-state index in [1.165, 1.54) is 84.3 Å². The minimum Gasteiger partial charge on any atom is -0.423 e. The standard InChI is InChI=1S/C49H41N3O8S/c1-4-8-32-12-16-34(17-13-32)45(53)57-39-24-20-36(21-25-39)47(55)59-41-28-29-43(38(30-41)31-50-52(3)49-51-42-10-6-7-11-44(42)61-49)60-48(56)37-22-26-40(27-23-37)58-46(54)35-18-14-33(9-5-2)15-19-35/h6-7,10-31H,4-5,8-9H2,1-3H3/b50-31+. The highest BCUT2D eigenvalue weighted by molar-refractivity contribution is 7.22. The minimum atomic E-state index is -0.683. The lowest BCUT2D eigenvalue weighted by Crippen LogP contribution is -2.13. The van der Waals surface area contributed by atoms with E-state index in [1.54, 1.807) is 36.3 Å². The third-order valence-electron chi connectivity index (χ3n) is 9.38. The van der Waals surface area contributed by atoms with Gasteiger partial charge in [0.15, 0.2) is 0 Å². The minimum absolute atomic E-state index is 0.138. The summed E-state index contributed by atoms with van der Waals surface area (Å²) in [6.45, 7) is 4.19. The molecule has 0 bridgehead atoms. The van der Waals surface area contributed by atoms with Crippen LogP contribution in [0.25, 0.3) is 10.2 Å². The van der Waals surface area contributed by atoms with Gasteiger partial charge >= 0.3 is 23.9 Å². The molecule has 0 saturated heterocycles. The van der Waals surface area contributed by atoms with Gasteiger partial charge in [-0.05, 0) is 127 Å². The van der Waals surface area contributed by atoms with Crippen molar-refractivity contribution < 1.29 is 38.1 Å². The zero-order valence-electron chi connectivity index (χ0n) is 33.7. The number of hydrogen-bond donors (Lipinski definition) is 0. The van der Waals surface area contributed by atoms with Gasteiger partial charge in [-0.3, -0.25) is 0 Å². The SMILES string of the molecule is CCCc1ccc(C(=O)Oc2ccc(C(=O)Oc3ccc(OC(=O)c4ccc(OC(=O)c5ccc(CCC)cc5)cc4)c(/C=N/N(C)c4nc5ccccc5s4)c3)cc2)cc1. The highest BCUT2D eigenvalue weighted by atomic mass is 32.1. The van der Waals surface area contributed by atoms with Crippen LogP contribution in [0.1, 0.15) is 84.8 Å². The number of hydrazone groups is 1. The number of esters is 4. The lowest BCUT2D eigenvalue weighted by atomic mass is 10.1. The highest BCUT2D eigenvalue weighted by Gasteiger charge is 2.17. The maximum absolute atomic E-state index is 13.4. The molecule has 0 radical (unpaired) electrons. The van der Waals surface area contributed by atoms with Gasteiger partial charge in [-0.2, -0.15) is 5.10 Å². The number of nitrogens with zero attached hydrogens (tertiary/aromatic N) is 3. The molecule has 1 heterocycles. The van der Waals surface area contributed by atoms with Crippen LogP contribution in [0.2, 0.25) is 0 Å². The lowest BCUT2D eigenvalue weighted by molar-refractivity contribution is 0.0716. The van der Waals surface area contributed by atoms with Crippen molar-refractivity contribution in [3.8, 4) is 23.0 Å². The van der Waals surface area contributed by atoms with E-state index < -0.39 is 23.9 Å². The number of aryl methyl sites for hydroxylation is 2. The van der Waals surface area contributed by atoms with Crippen LogP contribution in [0.15, 0.2) is 145 Å². The van der Waals surface area contributed by atoms with Crippen molar-refractivity contribution >= 4 is 56.8 Å². The molecule has 1 aromatic heterocycles. The smallest absolute Gasteiger partial charge is 0.343 e. The first-order chi connectivity index (χ1) is 29.6. The number of ether oxygens (including phenoxy) is 4. The summed E-state index contributed by atoms with van der Waals surface area (Å²) >= 11 is 1.46. The number of carbonyl (C=O) groups excluding carboxylic acids is 4. The molecule has 0 spiro atoms. The molecule has 0 N–H and O–H groups in total. The Morgan fingerprint density at radius 1 is 0.574 bits per heavy atom. The van der Waals surface area contributed by atoms with Crippen LogP contribution < -0.4 is 24.0 Å². The number of benzene rings is 6. The molecule has 0 aliphatic rings. The van der Waals surface area contributed by atoms with E-state index in [9.17, 15) is 19.2 Å². The molecule has 0 fully saturated rings.